The van der Waals surface area contributed by atoms with E-state index in [1.165, 1.54) is 18.2 Å². The first-order valence-electron chi connectivity index (χ1n) is 5.58. The summed E-state index contributed by atoms with van der Waals surface area (Å²) in [6.07, 6.45) is 0.823. The van der Waals surface area contributed by atoms with Gasteiger partial charge in [0.1, 0.15) is 5.82 Å². The van der Waals surface area contributed by atoms with E-state index in [0.717, 1.165) is 12.1 Å². The van der Waals surface area contributed by atoms with E-state index in [0.29, 0.717) is 5.92 Å². The van der Waals surface area contributed by atoms with E-state index in [1.807, 2.05) is 6.92 Å². The largest absolute Gasteiger partial charge is 0.271 e. The van der Waals surface area contributed by atoms with Gasteiger partial charge in [0.15, 0.2) is 0 Å². The van der Waals surface area contributed by atoms with E-state index in [9.17, 15) is 9.18 Å². The molecule has 0 unspecified atom stereocenters. The normalized spacial score (nSPS) is 11.7. The van der Waals surface area contributed by atoms with Crippen molar-refractivity contribution in [2.24, 2.45) is 11.0 Å². The number of benzene rings is 1. The molecule has 0 saturated heterocycles. The Kier molecular flexibility index (Phi) is 4.82. The monoisotopic (exact) mass is 236 g/mol. The van der Waals surface area contributed by atoms with Crippen LogP contribution in [0.2, 0.25) is 0 Å². The number of nitrogens with one attached hydrogen (secondary N) is 1. The SMILES string of the molecule is C/C(CC(C)C)=N\NC(=O)c1cccc(F)c1. The average Bonchev–Trinajstić information content (AvgIpc) is 2.25. The predicted octanol–water partition coefficient (Wildman–Crippen LogP) is 2.98. The Hall–Kier alpha value is -1.71. The number of hydrogen-bond donors (Lipinski definition) is 1. The number of carbonyl (C=O) groups is 1. The van der Waals surface area contributed by atoms with Crippen molar-refractivity contribution in [2.75, 3.05) is 0 Å². The van der Waals surface area contributed by atoms with Gasteiger partial charge in [-0.15, -0.1) is 0 Å². The molecule has 1 aromatic carbocycles. The van der Waals surface area contributed by atoms with Crippen LogP contribution in [-0.4, -0.2) is 11.6 Å². The lowest BCUT2D eigenvalue weighted by atomic mass is 10.1. The molecule has 17 heavy (non-hydrogen) atoms. The van der Waals surface area contributed by atoms with Gasteiger partial charge in [-0.05, 0) is 37.5 Å². The molecule has 0 bridgehead atoms. The Morgan fingerprint density at radius 3 is 2.76 bits per heavy atom. The zero-order valence-corrected chi connectivity index (χ0v) is 10.3. The zero-order valence-electron chi connectivity index (χ0n) is 10.3. The third-order valence-corrected chi connectivity index (χ3v) is 2.14. The summed E-state index contributed by atoms with van der Waals surface area (Å²) < 4.78 is 12.9. The van der Waals surface area contributed by atoms with Gasteiger partial charge in [0.2, 0.25) is 0 Å². The van der Waals surface area contributed by atoms with E-state index in [4.69, 9.17) is 0 Å². The molecular formula is C13H17FN2O. The van der Waals surface area contributed by atoms with Gasteiger partial charge in [0.25, 0.3) is 5.91 Å². The Labute approximate surface area is 101 Å². The highest BCUT2D eigenvalue weighted by atomic mass is 19.1. The lowest BCUT2D eigenvalue weighted by Gasteiger charge is -2.04. The van der Waals surface area contributed by atoms with Crippen molar-refractivity contribution in [1.29, 1.82) is 0 Å². The fraction of sp³-hybridized carbons (Fsp3) is 0.385. The number of hydrazone groups is 1. The van der Waals surface area contributed by atoms with E-state index >= 15 is 0 Å². The molecule has 0 spiro atoms. The van der Waals surface area contributed by atoms with Crippen LogP contribution in [0.1, 0.15) is 37.6 Å². The molecule has 1 amide bonds. The van der Waals surface area contributed by atoms with Gasteiger partial charge in [0, 0.05) is 11.3 Å². The molecule has 0 fully saturated rings. The summed E-state index contributed by atoms with van der Waals surface area (Å²) in [5.74, 6) is -0.335. The maximum absolute atomic E-state index is 12.9. The van der Waals surface area contributed by atoms with Crippen molar-refractivity contribution in [3.05, 3.63) is 35.6 Å². The Bertz CT molecular complexity index is 427. The third kappa shape index (κ3) is 4.76. The molecule has 92 valence electrons. The van der Waals surface area contributed by atoms with Gasteiger partial charge in [-0.3, -0.25) is 4.79 Å². The molecule has 3 nitrogen and oxygen atoms in total. The van der Waals surface area contributed by atoms with Gasteiger partial charge in [-0.1, -0.05) is 19.9 Å². The molecule has 0 aliphatic heterocycles. The lowest BCUT2D eigenvalue weighted by Crippen LogP contribution is -2.19. The highest BCUT2D eigenvalue weighted by Gasteiger charge is 2.05. The van der Waals surface area contributed by atoms with Gasteiger partial charge in [0.05, 0.1) is 0 Å². The fourth-order valence-electron chi connectivity index (χ4n) is 1.48. The molecule has 0 radical (unpaired) electrons. The maximum atomic E-state index is 12.9. The number of amides is 1. The summed E-state index contributed by atoms with van der Waals surface area (Å²) in [6, 6.07) is 5.52. The minimum atomic E-state index is -0.430. The van der Waals surface area contributed by atoms with Crippen LogP contribution in [0.3, 0.4) is 0 Å². The topological polar surface area (TPSA) is 41.5 Å². The quantitative estimate of drug-likeness (QED) is 0.633. The van der Waals surface area contributed by atoms with Gasteiger partial charge in [-0.25, -0.2) is 9.82 Å². The van der Waals surface area contributed by atoms with Crippen molar-refractivity contribution in [3.8, 4) is 0 Å². The van der Waals surface area contributed by atoms with Crippen LogP contribution in [0.5, 0.6) is 0 Å². The summed E-state index contributed by atoms with van der Waals surface area (Å²) in [4.78, 5) is 11.6. The van der Waals surface area contributed by atoms with Crippen molar-refractivity contribution in [3.63, 3.8) is 0 Å². The maximum Gasteiger partial charge on any atom is 0.271 e. The van der Waals surface area contributed by atoms with Crippen LogP contribution in [-0.2, 0) is 0 Å². The van der Waals surface area contributed by atoms with E-state index < -0.39 is 11.7 Å². The predicted molar refractivity (Wildman–Crippen MR) is 66.4 cm³/mol. The van der Waals surface area contributed by atoms with Crippen LogP contribution < -0.4 is 5.43 Å². The Balaban J connectivity index is 2.61. The van der Waals surface area contributed by atoms with Crippen molar-refractivity contribution in [1.82, 2.24) is 5.43 Å². The highest BCUT2D eigenvalue weighted by molar-refractivity contribution is 5.95. The molecule has 0 atom stereocenters. The third-order valence-electron chi connectivity index (χ3n) is 2.14. The minimum Gasteiger partial charge on any atom is -0.267 e. The molecule has 1 aromatic rings. The van der Waals surface area contributed by atoms with Crippen molar-refractivity contribution < 1.29 is 9.18 Å². The fourth-order valence-corrected chi connectivity index (χ4v) is 1.48. The first-order valence-corrected chi connectivity index (χ1v) is 5.58. The second-order valence-electron chi connectivity index (χ2n) is 4.40. The van der Waals surface area contributed by atoms with E-state index in [-0.39, 0.29) is 5.56 Å². The molecule has 0 aliphatic rings. The van der Waals surface area contributed by atoms with Crippen LogP contribution in [0.25, 0.3) is 0 Å². The molecular weight excluding hydrogens is 219 g/mol. The lowest BCUT2D eigenvalue weighted by molar-refractivity contribution is 0.0954. The minimum absolute atomic E-state index is 0.270. The summed E-state index contributed by atoms with van der Waals surface area (Å²) in [6.45, 7) is 6.01. The molecule has 1 N–H and O–H groups in total. The average molecular weight is 236 g/mol. The number of halogens is 1. The summed E-state index contributed by atoms with van der Waals surface area (Å²) in [7, 11) is 0. The highest BCUT2D eigenvalue weighted by Crippen LogP contribution is 2.04. The van der Waals surface area contributed by atoms with Crippen LogP contribution in [0, 0.1) is 11.7 Å². The van der Waals surface area contributed by atoms with Crippen LogP contribution in [0.15, 0.2) is 29.4 Å². The summed E-state index contributed by atoms with van der Waals surface area (Å²) in [5, 5.41) is 3.96. The van der Waals surface area contributed by atoms with Gasteiger partial charge in [-0.2, -0.15) is 5.10 Å². The first-order chi connectivity index (χ1) is 7.99. The van der Waals surface area contributed by atoms with Crippen molar-refractivity contribution >= 4 is 11.6 Å². The molecule has 0 saturated carbocycles. The molecule has 0 aromatic heterocycles. The van der Waals surface area contributed by atoms with E-state index in [1.54, 1.807) is 6.07 Å². The molecule has 0 heterocycles. The standard InChI is InChI=1S/C13H17FN2O/c1-9(2)7-10(3)15-16-13(17)11-5-4-6-12(14)8-11/h4-6,8-9H,7H2,1-3H3,(H,16,17)/b15-10+. The smallest absolute Gasteiger partial charge is 0.267 e. The molecule has 4 heteroatoms. The number of nitrogens with zero attached hydrogens (tertiary/aromatic N) is 1. The molecule has 0 aliphatic carbocycles. The Morgan fingerprint density at radius 1 is 1.47 bits per heavy atom. The number of carbonyl (C=O) groups excluding carboxylic acids is 1. The number of rotatable bonds is 4. The van der Waals surface area contributed by atoms with Crippen LogP contribution >= 0.6 is 0 Å². The summed E-state index contributed by atoms with van der Waals surface area (Å²) >= 11 is 0. The molecule has 1 rings (SSSR count). The van der Waals surface area contributed by atoms with Gasteiger partial charge < -0.3 is 0 Å². The van der Waals surface area contributed by atoms with Crippen molar-refractivity contribution in [2.45, 2.75) is 27.2 Å². The second kappa shape index (κ2) is 6.13. The zero-order chi connectivity index (χ0) is 12.8. The van der Waals surface area contributed by atoms with E-state index in [2.05, 4.69) is 24.4 Å². The Morgan fingerprint density at radius 2 is 2.18 bits per heavy atom. The second-order valence-corrected chi connectivity index (χ2v) is 4.40. The summed E-state index contributed by atoms with van der Waals surface area (Å²) in [5.41, 5.74) is 3.53. The first kappa shape index (κ1) is 13.4. The van der Waals surface area contributed by atoms with Crippen LogP contribution in [0.4, 0.5) is 4.39 Å². The number of hydrogen-bond acceptors (Lipinski definition) is 2. The van der Waals surface area contributed by atoms with Gasteiger partial charge >= 0.3 is 0 Å².